The summed E-state index contributed by atoms with van der Waals surface area (Å²) in [5.41, 5.74) is 2.55. The van der Waals surface area contributed by atoms with Gasteiger partial charge >= 0.3 is 7.12 Å². The Morgan fingerprint density at radius 1 is 1.10 bits per heavy atom. The van der Waals surface area contributed by atoms with E-state index in [1.54, 1.807) is 0 Å². The van der Waals surface area contributed by atoms with Crippen molar-refractivity contribution < 1.29 is 9.31 Å². The van der Waals surface area contributed by atoms with Crippen LogP contribution < -0.4 is 5.46 Å². The van der Waals surface area contributed by atoms with Crippen LogP contribution in [-0.4, -0.2) is 27.7 Å². The van der Waals surface area contributed by atoms with Gasteiger partial charge in [-0.3, -0.25) is 0 Å². The standard InChI is InChI=1S/C15H21BN2O2/c1-10-13-9-12(7-8-18(13)11(2)17-10)16-19-14(3,4)15(5,6)20-16/h7-9H,1-6H3. The second kappa shape index (κ2) is 4.09. The fraction of sp³-hybridized carbons (Fsp3) is 0.533. The molecule has 2 aromatic rings. The number of nitrogens with zero attached hydrogens (tertiary/aromatic N) is 2. The molecule has 0 bridgehead atoms. The van der Waals surface area contributed by atoms with Gasteiger partial charge in [0.15, 0.2) is 0 Å². The first-order valence-electron chi connectivity index (χ1n) is 7.02. The Labute approximate surface area is 120 Å². The fourth-order valence-corrected chi connectivity index (χ4v) is 2.56. The number of rotatable bonds is 1. The molecule has 1 aliphatic rings. The van der Waals surface area contributed by atoms with Crippen LogP contribution in [0.4, 0.5) is 0 Å². The maximum absolute atomic E-state index is 6.09. The summed E-state index contributed by atoms with van der Waals surface area (Å²) < 4.78 is 14.3. The summed E-state index contributed by atoms with van der Waals surface area (Å²) in [6, 6.07) is 4.15. The highest BCUT2D eigenvalue weighted by Gasteiger charge is 2.51. The lowest BCUT2D eigenvalue weighted by Gasteiger charge is -2.32. The summed E-state index contributed by atoms with van der Waals surface area (Å²) in [5.74, 6) is 0.998. The van der Waals surface area contributed by atoms with Gasteiger partial charge in [0, 0.05) is 6.20 Å². The number of aryl methyl sites for hydroxylation is 2. The summed E-state index contributed by atoms with van der Waals surface area (Å²) in [6.45, 7) is 12.3. The molecule has 0 atom stereocenters. The van der Waals surface area contributed by atoms with E-state index in [0.29, 0.717) is 0 Å². The second-order valence-corrected chi connectivity index (χ2v) is 6.55. The third-order valence-corrected chi connectivity index (χ3v) is 4.55. The van der Waals surface area contributed by atoms with E-state index in [4.69, 9.17) is 9.31 Å². The van der Waals surface area contributed by atoms with Gasteiger partial charge in [-0.15, -0.1) is 0 Å². The molecule has 5 heteroatoms. The molecule has 3 rings (SSSR count). The number of imidazole rings is 1. The Morgan fingerprint density at radius 3 is 2.30 bits per heavy atom. The molecule has 0 saturated carbocycles. The number of hydrogen-bond acceptors (Lipinski definition) is 3. The van der Waals surface area contributed by atoms with Gasteiger partial charge in [-0.25, -0.2) is 4.98 Å². The zero-order valence-corrected chi connectivity index (χ0v) is 13.0. The van der Waals surface area contributed by atoms with E-state index in [0.717, 1.165) is 22.5 Å². The van der Waals surface area contributed by atoms with E-state index < -0.39 is 0 Å². The first-order valence-corrected chi connectivity index (χ1v) is 7.02. The van der Waals surface area contributed by atoms with Crippen molar-refractivity contribution in [2.24, 2.45) is 0 Å². The van der Waals surface area contributed by atoms with Gasteiger partial charge in [-0.05, 0) is 59.1 Å². The average molecular weight is 272 g/mol. The van der Waals surface area contributed by atoms with Crippen molar-refractivity contribution in [1.29, 1.82) is 0 Å². The highest BCUT2D eigenvalue weighted by molar-refractivity contribution is 6.62. The molecule has 1 fully saturated rings. The normalized spacial score (nSPS) is 20.8. The molecule has 20 heavy (non-hydrogen) atoms. The van der Waals surface area contributed by atoms with Gasteiger partial charge in [0.2, 0.25) is 0 Å². The summed E-state index contributed by atoms with van der Waals surface area (Å²) in [7, 11) is -0.320. The smallest absolute Gasteiger partial charge is 0.399 e. The fourth-order valence-electron chi connectivity index (χ4n) is 2.56. The molecule has 1 aliphatic heterocycles. The minimum atomic E-state index is -0.320. The Hall–Kier alpha value is -1.33. The van der Waals surface area contributed by atoms with Crippen LogP contribution in [-0.2, 0) is 9.31 Å². The van der Waals surface area contributed by atoms with Crippen LogP contribution in [0.25, 0.3) is 5.52 Å². The van der Waals surface area contributed by atoms with Crippen LogP contribution in [0, 0.1) is 13.8 Å². The van der Waals surface area contributed by atoms with Crippen LogP contribution >= 0.6 is 0 Å². The number of pyridine rings is 1. The lowest BCUT2D eigenvalue weighted by molar-refractivity contribution is 0.00578. The molecule has 0 unspecified atom stereocenters. The quantitative estimate of drug-likeness (QED) is 0.747. The summed E-state index contributed by atoms with van der Waals surface area (Å²) >= 11 is 0. The largest absolute Gasteiger partial charge is 0.494 e. The number of fused-ring (bicyclic) bond motifs is 1. The van der Waals surface area contributed by atoms with Crippen molar-refractivity contribution in [2.45, 2.75) is 52.7 Å². The van der Waals surface area contributed by atoms with Gasteiger partial charge in [0.1, 0.15) is 5.82 Å². The lowest BCUT2D eigenvalue weighted by Crippen LogP contribution is -2.41. The molecule has 1 saturated heterocycles. The average Bonchev–Trinajstić information content (AvgIpc) is 2.74. The van der Waals surface area contributed by atoms with Crippen LogP contribution in [0.1, 0.15) is 39.2 Å². The molecule has 2 aromatic heterocycles. The van der Waals surface area contributed by atoms with Crippen LogP contribution in [0.15, 0.2) is 18.3 Å². The Morgan fingerprint density at radius 2 is 1.70 bits per heavy atom. The van der Waals surface area contributed by atoms with Crippen molar-refractivity contribution in [3.63, 3.8) is 0 Å². The van der Waals surface area contributed by atoms with Crippen molar-refractivity contribution in [3.8, 4) is 0 Å². The predicted octanol–water partition coefficient (Wildman–Crippen LogP) is 2.25. The van der Waals surface area contributed by atoms with Crippen LogP contribution in [0.2, 0.25) is 0 Å². The Balaban J connectivity index is 2.02. The third-order valence-electron chi connectivity index (χ3n) is 4.55. The Bertz CT molecular complexity index is 660. The van der Waals surface area contributed by atoms with Crippen LogP contribution in [0.5, 0.6) is 0 Å². The van der Waals surface area contributed by atoms with Crippen molar-refractivity contribution >= 4 is 18.1 Å². The van der Waals surface area contributed by atoms with Gasteiger partial charge in [0.05, 0.1) is 22.4 Å². The SMILES string of the molecule is Cc1nc(C)n2ccc(B3OC(C)(C)C(C)(C)O3)cc12. The van der Waals surface area contributed by atoms with E-state index in [1.807, 2.05) is 26.1 Å². The molecule has 0 radical (unpaired) electrons. The van der Waals surface area contributed by atoms with E-state index in [9.17, 15) is 0 Å². The first kappa shape index (κ1) is 13.6. The molecule has 4 nitrogen and oxygen atoms in total. The van der Waals surface area contributed by atoms with Gasteiger partial charge in [-0.2, -0.15) is 0 Å². The highest BCUT2D eigenvalue weighted by Crippen LogP contribution is 2.36. The zero-order valence-electron chi connectivity index (χ0n) is 13.0. The number of hydrogen-bond donors (Lipinski definition) is 0. The molecular weight excluding hydrogens is 251 g/mol. The predicted molar refractivity (Wildman–Crippen MR) is 80.4 cm³/mol. The van der Waals surface area contributed by atoms with Gasteiger partial charge in [-0.1, -0.05) is 0 Å². The molecule has 0 N–H and O–H groups in total. The van der Waals surface area contributed by atoms with Crippen molar-refractivity contribution in [3.05, 3.63) is 29.8 Å². The molecule has 106 valence electrons. The molecule has 0 aromatic carbocycles. The lowest BCUT2D eigenvalue weighted by atomic mass is 9.79. The highest BCUT2D eigenvalue weighted by atomic mass is 16.7. The molecule has 3 heterocycles. The second-order valence-electron chi connectivity index (χ2n) is 6.55. The summed E-state index contributed by atoms with van der Waals surface area (Å²) in [6.07, 6.45) is 2.03. The maximum Gasteiger partial charge on any atom is 0.494 e. The maximum atomic E-state index is 6.09. The van der Waals surface area contributed by atoms with Gasteiger partial charge in [0.25, 0.3) is 0 Å². The van der Waals surface area contributed by atoms with Crippen LogP contribution in [0.3, 0.4) is 0 Å². The topological polar surface area (TPSA) is 35.8 Å². The van der Waals surface area contributed by atoms with E-state index in [1.165, 1.54) is 0 Å². The van der Waals surface area contributed by atoms with E-state index >= 15 is 0 Å². The molecule has 0 spiro atoms. The minimum absolute atomic E-state index is 0.311. The van der Waals surface area contributed by atoms with Crippen molar-refractivity contribution in [2.75, 3.05) is 0 Å². The summed E-state index contributed by atoms with van der Waals surface area (Å²) in [5, 5.41) is 0. The molecule has 0 aliphatic carbocycles. The Kier molecular flexibility index (Phi) is 2.79. The minimum Gasteiger partial charge on any atom is -0.399 e. The van der Waals surface area contributed by atoms with E-state index in [-0.39, 0.29) is 18.3 Å². The van der Waals surface area contributed by atoms with Gasteiger partial charge < -0.3 is 13.7 Å². The molecule has 0 amide bonds. The number of aromatic nitrogens is 2. The third kappa shape index (κ3) is 1.88. The monoisotopic (exact) mass is 272 g/mol. The van der Waals surface area contributed by atoms with E-state index in [2.05, 4.69) is 43.1 Å². The summed E-state index contributed by atoms with van der Waals surface area (Å²) in [4.78, 5) is 4.50. The van der Waals surface area contributed by atoms with Crippen molar-refractivity contribution in [1.82, 2.24) is 9.38 Å². The first-order chi connectivity index (χ1) is 9.21. The molecular formula is C15H21BN2O2. The zero-order chi connectivity index (χ0) is 14.7.